The first-order chi connectivity index (χ1) is 18.3. The van der Waals surface area contributed by atoms with Crippen LogP contribution in [0.3, 0.4) is 0 Å². The van der Waals surface area contributed by atoms with Crippen LogP contribution < -0.4 is 0 Å². The van der Waals surface area contributed by atoms with E-state index in [1.165, 1.54) is 12.1 Å². The van der Waals surface area contributed by atoms with E-state index in [1.807, 2.05) is 12.1 Å². The van der Waals surface area contributed by atoms with Crippen LogP contribution in [0.4, 0.5) is 13.2 Å². The van der Waals surface area contributed by atoms with Gasteiger partial charge in [0.25, 0.3) is 5.89 Å². The molecule has 0 aliphatic carbocycles. The molecule has 2 heterocycles. The van der Waals surface area contributed by atoms with E-state index in [0.29, 0.717) is 30.7 Å². The topological polar surface area (TPSA) is 83.0 Å². The number of fused-ring (bicyclic) bond motifs is 1. The van der Waals surface area contributed by atoms with Crippen molar-refractivity contribution in [3.8, 4) is 34.0 Å². The number of aromatic nitrogens is 4. The van der Waals surface area contributed by atoms with Crippen molar-refractivity contribution >= 4 is 16.9 Å². The molecule has 5 rings (SSSR count). The minimum atomic E-state index is -4.57. The first-order valence-corrected chi connectivity index (χ1v) is 12.1. The van der Waals surface area contributed by atoms with Gasteiger partial charge in [0.1, 0.15) is 0 Å². The third-order valence-electron chi connectivity index (χ3n) is 6.07. The molecule has 194 valence electrons. The fraction of sp³-hybridized carbons (Fsp3) is 0.214. The molecular formula is C28H23F3N4O3. The molecule has 0 fully saturated rings. The SMILES string of the molecule is CCOC(=O)CCCn1ncc2c(-c3noc(-c4ccc(-c5ccccc5)c(C(F)(F)F)c4)n3)cccc21. The standard InChI is InChI=1S/C28H23F3N4O3/c1-2-37-25(36)12-7-15-35-24-11-6-10-21(22(24)17-32-35)26-33-27(38-34-26)19-13-14-20(18-8-4-3-5-9-18)23(16-19)28(29,30)31/h3-6,8-11,13-14,16-17H,2,7,12,15H2,1H3. The maximum atomic E-state index is 13.9. The van der Waals surface area contributed by atoms with Crippen LogP contribution in [0.15, 0.2) is 77.4 Å². The van der Waals surface area contributed by atoms with E-state index in [4.69, 9.17) is 9.26 Å². The number of ether oxygens (including phenoxy) is 1. The quantitative estimate of drug-likeness (QED) is 0.210. The number of hydrogen-bond acceptors (Lipinski definition) is 6. The summed E-state index contributed by atoms with van der Waals surface area (Å²) in [5.41, 5.74) is 1.35. The van der Waals surface area contributed by atoms with Crippen LogP contribution in [-0.2, 0) is 22.3 Å². The Morgan fingerprint density at radius 2 is 1.82 bits per heavy atom. The second-order valence-electron chi connectivity index (χ2n) is 8.56. The molecule has 2 aromatic heterocycles. The average molecular weight is 521 g/mol. The molecule has 0 radical (unpaired) electrons. The summed E-state index contributed by atoms with van der Waals surface area (Å²) in [6, 6.07) is 17.9. The Hall–Kier alpha value is -4.47. The third-order valence-corrected chi connectivity index (χ3v) is 6.07. The van der Waals surface area contributed by atoms with Gasteiger partial charge in [-0.3, -0.25) is 9.48 Å². The summed E-state index contributed by atoms with van der Waals surface area (Å²) in [7, 11) is 0. The van der Waals surface area contributed by atoms with Gasteiger partial charge in [-0.1, -0.05) is 53.7 Å². The molecule has 0 bridgehead atoms. The maximum absolute atomic E-state index is 13.9. The number of carbonyl (C=O) groups excluding carboxylic acids is 1. The first kappa shape index (κ1) is 25.2. The molecule has 0 N–H and O–H groups in total. The summed E-state index contributed by atoms with van der Waals surface area (Å²) < 4.78 is 54.0. The number of nitrogens with zero attached hydrogens (tertiary/aromatic N) is 4. The Labute approximate surface area is 215 Å². The van der Waals surface area contributed by atoms with Gasteiger partial charge in [0.15, 0.2) is 0 Å². The first-order valence-electron chi connectivity index (χ1n) is 12.1. The highest BCUT2D eigenvalue weighted by Crippen LogP contribution is 2.39. The lowest BCUT2D eigenvalue weighted by Crippen LogP contribution is -2.07. The summed E-state index contributed by atoms with van der Waals surface area (Å²) in [5.74, 6) is -0.0456. The van der Waals surface area contributed by atoms with Gasteiger partial charge in [-0.2, -0.15) is 23.3 Å². The molecule has 3 aromatic carbocycles. The van der Waals surface area contributed by atoms with Crippen LogP contribution in [0.1, 0.15) is 25.3 Å². The number of hydrogen-bond donors (Lipinski definition) is 0. The molecule has 0 atom stereocenters. The molecule has 0 saturated carbocycles. The Balaban J connectivity index is 1.44. The fourth-order valence-corrected chi connectivity index (χ4v) is 4.31. The number of benzene rings is 3. The van der Waals surface area contributed by atoms with Gasteiger partial charge in [0.2, 0.25) is 5.82 Å². The summed E-state index contributed by atoms with van der Waals surface area (Å²) in [5, 5.41) is 9.21. The number of carbonyl (C=O) groups is 1. The van der Waals surface area contributed by atoms with Gasteiger partial charge in [0, 0.05) is 29.5 Å². The Morgan fingerprint density at radius 1 is 1.00 bits per heavy atom. The van der Waals surface area contributed by atoms with E-state index in [1.54, 1.807) is 54.2 Å². The van der Waals surface area contributed by atoms with E-state index in [2.05, 4.69) is 15.2 Å². The lowest BCUT2D eigenvalue weighted by Gasteiger charge is -2.14. The van der Waals surface area contributed by atoms with Crippen molar-refractivity contribution in [2.75, 3.05) is 6.61 Å². The Bertz CT molecular complexity index is 1580. The van der Waals surface area contributed by atoms with Gasteiger partial charge in [-0.25, -0.2) is 0 Å². The second-order valence-corrected chi connectivity index (χ2v) is 8.56. The van der Waals surface area contributed by atoms with E-state index in [9.17, 15) is 18.0 Å². The van der Waals surface area contributed by atoms with E-state index < -0.39 is 11.7 Å². The molecule has 0 aliphatic rings. The van der Waals surface area contributed by atoms with Gasteiger partial charge in [-0.15, -0.1) is 0 Å². The maximum Gasteiger partial charge on any atom is 0.417 e. The van der Waals surface area contributed by atoms with Crippen LogP contribution in [0.5, 0.6) is 0 Å². The summed E-state index contributed by atoms with van der Waals surface area (Å²) >= 11 is 0. The third kappa shape index (κ3) is 5.15. The smallest absolute Gasteiger partial charge is 0.417 e. The zero-order valence-electron chi connectivity index (χ0n) is 20.4. The molecule has 0 unspecified atom stereocenters. The minimum absolute atomic E-state index is 0.0241. The number of esters is 1. The van der Waals surface area contributed by atoms with Gasteiger partial charge >= 0.3 is 12.1 Å². The summed E-state index contributed by atoms with van der Waals surface area (Å²) in [6.07, 6.45) is -2.06. The van der Waals surface area contributed by atoms with Crippen molar-refractivity contribution in [3.63, 3.8) is 0 Å². The molecular weight excluding hydrogens is 497 g/mol. The van der Waals surface area contributed by atoms with Crippen molar-refractivity contribution in [1.29, 1.82) is 0 Å². The van der Waals surface area contributed by atoms with Crippen LogP contribution in [0.25, 0.3) is 44.9 Å². The summed E-state index contributed by atoms with van der Waals surface area (Å²) in [6.45, 7) is 2.62. The van der Waals surface area contributed by atoms with E-state index in [-0.39, 0.29) is 35.2 Å². The van der Waals surface area contributed by atoms with E-state index >= 15 is 0 Å². The monoisotopic (exact) mass is 520 g/mol. The number of halogens is 3. The molecule has 10 heteroatoms. The minimum Gasteiger partial charge on any atom is -0.466 e. The predicted octanol–water partition coefficient (Wildman–Crippen LogP) is 6.78. The molecule has 38 heavy (non-hydrogen) atoms. The highest BCUT2D eigenvalue weighted by molar-refractivity contribution is 5.93. The highest BCUT2D eigenvalue weighted by Gasteiger charge is 2.34. The van der Waals surface area contributed by atoms with Gasteiger partial charge < -0.3 is 9.26 Å². The Kier molecular flexibility index (Phi) is 6.95. The van der Waals surface area contributed by atoms with Crippen LogP contribution >= 0.6 is 0 Å². The predicted molar refractivity (Wildman–Crippen MR) is 135 cm³/mol. The average Bonchev–Trinajstić information content (AvgIpc) is 3.56. The zero-order chi connectivity index (χ0) is 26.7. The van der Waals surface area contributed by atoms with Crippen LogP contribution in [-0.4, -0.2) is 32.5 Å². The molecule has 0 amide bonds. The largest absolute Gasteiger partial charge is 0.466 e. The fourth-order valence-electron chi connectivity index (χ4n) is 4.31. The van der Waals surface area contributed by atoms with Crippen molar-refractivity contribution in [3.05, 3.63) is 78.5 Å². The van der Waals surface area contributed by atoms with Gasteiger partial charge in [-0.05, 0) is 42.7 Å². The van der Waals surface area contributed by atoms with Crippen LogP contribution in [0, 0.1) is 0 Å². The normalized spacial score (nSPS) is 11.7. The van der Waals surface area contributed by atoms with Crippen LogP contribution in [0.2, 0.25) is 0 Å². The zero-order valence-corrected chi connectivity index (χ0v) is 20.4. The number of alkyl halides is 3. The lowest BCUT2D eigenvalue weighted by atomic mass is 9.97. The van der Waals surface area contributed by atoms with Crippen molar-refractivity contribution < 1.29 is 27.2 Å². The highest BCUT2D eigenvalue weighted by atomic mass is 19.4. The summed E-state index contributed by atoms with van der Waals surface area (Å²) in [4.78, 5) is 16.0. The lowest BCUT2D eigenvalue weighted by molar-refractivity contribution is -0.143. The molecule has 7 nitrogen and oxygen atoms in total. The number of rotatable bonds is 8. The Morgan fingerprint density at radius 3 is 2.58 bits per heavy atom. The molecule has 0 aliphatic heterocycles. The molecule has 0 saturated heterocycles. The molecule has 5 aromatic rings. The second kappa shape index (κ2) is 10.5. The van der Waals surface area contributed by atoms with Crippen molar-refractivity contribution in [2.24, 2.45) is 0 Å². The molecule has 0 spiro atoms. The van der Waals surface area contributed by atoms with Gasteiger partial charge in [0.05, 0.1) is 23.9 Å². The van der Waals surface area contributed by atoms with Crippen molar-refractivity contribution in [1.82, 2.24) is 19.9 Å². The van der Waals surface area contributed by atoms with Crippen molar-refractivity contribution in [2.45, 2.75) is 32.5 Å². The number of aryl methyl sites for hydroxylation is 1. The van der Waals surface area contributed by atoms with E-state index in [0.717, 1.165) is 17.0 Å².